The Morgan fingerprint density at radius 1 is 1.00 bits per heavy atom. The first-order valence-electron chi connectivity index (χ1n) is 9.62. The van der Waals surface area contributed by atoms with E-state index in [1.54, 1.807) is 30.3 Å². The Morgan fingerprint density at radius 2 is 1.68 bits per heavy atom. The lowest BCUT2D eigenvalue weighted by Gasteiger charge is -2.19. The fourth-order valence-corrected chi connectivity index (χ4v) is 3.22. The minimum absolute atomic E-state index is 0.196. The van der Waals surface area contributed by atoms with E-state index in [4.69, 9.17) is 22.1 Å². The molecule has 3 aromatic rings. The highest BCUT2D eigenvalue weighted by atomic mass is 35.5. The van der Waals surface area contributed by atoms with Crippen molar-refractivity contribution in [1.82, 2.24) is 5.32 Å². The van der Waals surface area contributed by atoms with E-state index in [1.807, 2.05) is 36.4 Å². The molecular weight excluding hydrogens is 418 g/mol. The van der Waals surface area contributed by atoms with Crippen molar-refractivity contribution in [3.8, 4) is 0 Å². The van der Waals surface area contributed by atoms with Crippen LogP contribution in [0.1, 0.15) is 24.9 Å². The Morgan fingerprint density at radius 3 is 2.35 bits per heavy atom. The van der Waals surface area contributed by atoms with Crippen molar-refractivity contribution in [2.75, 3.05) is 5.32 Å². The summed E-state index contributed by atoms with van der Waals surface area (Å²) in [4.78, 5) is 36.2. The second-order valence-electron chi connectivity index (χ2n) is 7.00. The van der Waals surface area contributed by atoms with Crippen molar-refractivity contribution in [3.05, 3.63) is 77.3 Å². The Balaban J connectivity index is 1.61. The number of primary amides is 1. The van der Waals surface area contributed by atoms with Gasteiger partial charge in [0.15, 0.2) is 6.10 Å². The van der Waals surface area contributed by atoms with Crippen LogP contribution in [0.3, 0.4) is 0 Å². The molecule has 0 aliphatic heterocycles. The zero-order valence-corrected chi connectivity index (χ0v) is 17.6. The average molecular weight is 440 g/mol. The fraction of sp³-hybridized carbons (Fsp3) is 0.174. The first-order valence-corrected chi connectivity index (χ1v) is 10.00. The monoisotopic (exact) mass is 439 g/mol. The number of halogens is 1. The lowest BCUT2D eigenvalue weighted by atomic mass is 10.0. The summed E-state index contributed by atoms with van der Waals surface area (Å²) in [5, 5.41) is 7.79. The number of benzene rings is 3. The number of anilines is 1. The largest absolute Gasteiger partial charge is 0.452 e. The molecule has 31 heavy (non-hydrogen) atoms. The van der Waals surface area contributed by atoms with Crippen LogP contribution in [0.15, 0.2) is 66.7 Å². The van der Waals surface area contributed by atoms with E-state index in [1.165, 1.54) is 6.92 Å². The number of carbonyl (C=O) groups is 3. The predicted octanol–water partition coefficient (Wildman–Crippen LogP) is 4.16. The minimum Gasteiger partial charge on any atom is -0.452 e. The molecule has 8 heteroatoms. The molecule has 4 N–H and O–H groups in total. The maximum absolute atomic E-state index is 12.5. The first-order chi connectivity index (χ1) is 14.8. The van der Waals surface area contributed by atoms with Gasteiger partial charge >= 0.3 is 12.0 Å². The number of nitrogens with two attached hydrogens (primary N) is 1. The van der Waals surface area contributed by atoms with Crippen LogP contribution in [0.25, 0.3) is 10.8 Å². The van der Waals surface area contributed by atoms with Crippen molar-refractivity contribution in [2.24, 2.45) is 5.73 Å². The molecule has 0 aromatic heterocycles. The van der Waals surface area contributed by atoms with Gasteiger partial charge in [-0.05, 0) is 47.5 Å². The molecular formula is C23H22ClN3O4. The molecule has 0 heterocycles. The quantitative estimate of drug-likeness (QED) is 0.480. The van der Waals surface area contributed by atoms with Gasteiger partial charge in [0.2, 0.25) is 0 Å². The van der Waals surface area contributed by atoms with Crippen LogP contribution in [0.4, 0.5) is 10.5 Å². The van der Waals surface area contributed by atoms with Gasteiger partial charge < -0.3 is 21.1 Å². The Kier molecular flexibility index (Phi) is 7.10. The fourth-order valence-electron chi connectivity index (χ4n) is 3.10. The van der Waals surface area contributed by atoms with E-state index >= 15 is 0 Å². The third-order valence-corrected chi connectivity index (χ3v) is 4.91. The summed E-state index contributed by atoms with van der Waals surface area (Å²) >= 11 is 5.88. The highest BCUT2D eigenvalue weighted by Gasteiger charge is 2.23. The molecule has 3 amide bonds. The summed E-state index contributed by atoms with van der Waals surface area (Å²) in [6, 6.07) is 18.4. The topological polar surface area (TPSA) is 111 Å². The van der Waals surface area contributed by atoms with Gasteiger partial charge in [0.05, 0.1) is 12.5 Å². The van der Waals surface area contributed by atoms with E-state index < -0.39 is 30.1 Å². The molecule has 160 valence electrons. The zero-order valence-electron chi connectivity index (χ0n) is 16.8. The molecule has 3 rings (SSSR count). The van der Waals surface area contributed by atoms with Gasteiger partial charge in [-0.3, -0.25) is 9.59 Å². The van der Waals surface area contributed by atoms with E-state index in [0.29, 0.717) is 16.3 Å². The van der Waals surface area contributed by atoms with Crippen molar-refractivity contribution >= 4 is 46.0 Å². The molecule has 0 aliphatic carbocycles. The summed E-state index contributed by atoms with van der Waals surface area (Å²) < 4.78 is 5.26. The molecule has 0 bridgehead atoms. The number of fused-ring (bicyclic) bond motifs is 1. The second kappa shape index (κ2) is 9.95. The van der Waals surface area contributed by atoms with Gasteiger partial charge in [0.1, 0.15) is 0 Å². The standard InChI is InChI=1S/C23H22ClN3O4/c1-14(22(29)26-19-11-8-15-4-2-3-5-17(15)12-19)31-21(28)13-20(27-23(25)30)16-6-9-18(24)10-7-16/h2-12,14,20H,13H2,1H3,(H,26,29)(H3,25,27,30). The maximum atomic E-state index is 12.5. The molecule has 0 saturated carbocycles. The van der Waals surface area contributed by atoms with Crippen LogP contribution in [-0.4, -0.2) is 24.0 Å². The number of esters is 1. The average Bonchev–Trinajstić information content (AvgIpc) is 2.73. The van der Waals surface area contributed by atoms with Crippen LogP contribution >= 0.6 is 11.6 Å². The van der Waals surface area contributed by atoms with Gasteiger partial charge in [-0.15, -0.1) is 0 Å². The molecule has 0 radical (unpaired) electrons. The van der Waals surface area contributed by atoms with Gasteiger partial charge in [-0.25, -0.2) is 4.79 Å². The normalized spacial score (nSPS) is 12.6. The highest BCUT2D eigenvalue weighted by Crippen LogP contribution is 2.21. The van der Waals surface area contributed by atoms with E-state index in [2.05, 4.69) is 10.6 Å². The summed E-state index contributed by atoms with van der Waals surface area (Å²) in [5.41, 5.74) is 6.45. The van der Waals surface area contributed by atoms with Gasteiger partial charge in [0, 0.05) is 10.7 Å². The number of hydrogen-bond acceptors (Lipinski definition) is 4. The third-order valence-electron chi connectivity index (χ3n) is 4.65. The Labute approximate surface area is 184 Å². The summed E-state index contributed by atoms with van der Waals surface area (Å²) in [6.07, 6.45) is -1.23. The maximum Gasteiger partial charge on any atom is 0.312 e. The smallest absolute Gasteiger partial charge is 0.312 e. The molecule has 2 unspecified atom stereocenters. The lowest BCUT2D eigenvalue weighted by Crippen LogP contribution is -2.36. The number of rotatable bonds is 7. The molecule has 2 atom stereocenters. The van der Waals surface area contributed by atoms with Crippen molar-refractivity contribution in [2.45, 2.75) is 25.5 Å². The number of hydrogen-bond donors (Lipinski definition) is 3. The number of urea groups is 1. The van der Waals surface area contributed by atoms with Crippen LogP contribution in [-0.2, 0) is 14.3 Å². The lowest BCUT2D eigenvalue weighted by molar-refractivity contribution is -0.153. The van der Waals surface area contributed by atoms with E-state index in [9.17, 15) is 14.4 Å². The number of ether oxygens (including phenoxy) is 1. The summed E-state index contributed by atoms with van der Waals surface area (Å²) in [5.74, 6) is -1.12. The van der Waals surface area contributed by atoms with E-state index in [0.717, 1.165) is 10.8 Å². The van der Waals surface area contributed by atoms with E-state index in [-0.39, 0.29) is 6.42 Å². The van der Waals surface area contributed by atoms with Crippen molar-refractivity contribution in [3.63, 3.8) is 0 Å². The predicted molar refractivity (Wildman–Crippen MR) is 120 cm³/mol. The molecule has 7 nitrogen and oxygen atoms in total. The van der Waals surface area contributed by atoms with Crippen LogP contribution in [0.2, 0.25) is 5.02 Å². The molecule has 0 aliphatic rings. The van der Waals surface area contributed by atoms with Gasteiger partial charge in [0.25, 0.3) is 5.91 Å². The van der Waals surface area contributed by atoms with Crippen LogP contribution in [0, 0.1) is 0 Å². The first kappa shape index (κ1) is 22.1. The molecule has 0 saturated heterocycles. The summed E-state index contributed by atoms with van der Waals surface area (Å²) in [6.45, 7) is 1.48. The van der Waals surface area contributed by atoms with Crippen LogP contribution in [0.5, 0.6) is 0 Å². The molecule has 0 fully saturated rings. The van der Waals surface area contributed by atoms with Crippen molar-refractivity contribution in [1.29, 1.82) is 0 Å². The number of nitrogens with one attached hydrogen (secondary N) is 2. The highest BCUT2D eigenvalue weighted by molar-refractivity contribution is 6.30. The van der Waals surface area contributed by atoms with Crippen molar-refractivity contribution < 1.29 is 19.1 Å². The van der Waals surface area contributed by atoms with Gasteiger partial charge in [-0.1, -0.05) is 54.1 Å². The molecule has 0 spiro atoms. The Hall–Kier alpha value is -3.58. The third kappa shape index (κ3) is 6.20. The van der Waals surface area contributed by atoms with Crippen LogP contribution < -0.4 is 16.4 Å². The molecule has 3 aromatic carbocycles. The summed E-state index contributed by atoms with van der Waals surface area (Å²) in [7, 11) is 0. The second-order valence-corrected chi connectivity index (χ2v) is 7.44. The zero-order chi connectivity index (χ0) is 22.4. The number of carbonyl (C=O) groups excluding carboxylic acids is 3. The SMILES string of the molecule is CC(OC(=O)CC(NC(N)=O)c1ccc(Cl)cc1)C(=O)Nc1ccc2ccccc2c1. The minimum atomic E-state index is -1.03. The van der Waals surface area contributed by atoms with Gasteiger partial charge in [-0.2, -0.15) is 0 Å². The Bertz CT molecular complexity index is 1100. The number of amides is 3.